The summed E-state index contributed by atoms with van der Waals surface area (Å²) in [6, 6.07) is 4.85. The monoisotopic (exact) mass is 194 g/mol. The van der Waals surface area contributed by atoms with Crippen LogP contribution in [-0.4, -0.2) is 16.2 Å². The Hall–Kier alpha value is -1.35. The van der Waals surface area contributed by atoms with Crippen LogP contribution in [0.2, 0.25) is 0 Å². The quantitative estimate of drug-likeness (QED) is 0.756. The van der Waals surface area contributed by atoms with Gasteiger partial charge in [-0.05, 0) is 38.0 Å². The Kier molecular flexibility index (Phi) is 2.62. The lowest BCUT2D eigenvalue weighted by atomic mass is 9.94. The van der Waals surface area contributed by atoms with Crippen molar-refractivity contribution in [3.8, 4) is 0 Å². The summed E-state index contributed by atoms with van der Waals surface area (Å²) >= 11 is 0. The highest BCUT2D eigenvalue weighted by Gasteiger charge is 2.17. The predicted octanol–water partition coefficient (Wildman–Crippen LogP) is 1.92. The number of benzene rings is 1. The molecule has 1 aromatic carbocycles. The van der Waals surface area contributed by atoms with E-state index in [1.165, 1.54) is 6.07 Å². The molecule has 0 spiro atoms. The van der Waals surface area contributed by atoms with E-state index in [0.717, 1.165) is 5.56 Å². The molecule has 0 fully saturated rings. The second-order valence-corrected chi connectivity index (χ2v) is 3.89. The Labute approximate surface area is 83.0 Å². The summed E-state index contributed by atoms with van der Waals surface area (Å²) in [5, 5.41) is 18.5. The van der Waals surface area contributed by atoms with E-state index in [-0.39, 0.29) is 5.56 Å². The molecule has 0 radical (unpaired) electrons. The lowest BCUT2D eigenvalue weighted by Gasteiger charge is -2.18. The number of rotatable bonds is 2. The van der Waals surface area contributed by atoms with E-state index in [0.29, 0.717) is 5.56 Å². The summed E-state index contributed by atoms with van der Waals surface area (Å²) in [5.74, 6) is -0.940. The first-order chi connectivity index (χ1) is 6.32. The molecule has 3 heteroatoms. The molecule has 0 saturated carbocycles. The number of hydrogen-bond acceptors (Lipinski definition) is 2. The van der Waals surface area contributed by atoms with Gasteiger partial charge in [0.15, 0.2) is 0 Å². The van der Waals surface area contributed by atoms with Crippen molar-refractivity contribution < 1.29 is 15.0 Å². The van der Waals surface area contributed by atoms with Crippen LogP contribution in [0.25, 0.3) is 0 Å². The van der Waals surface area contributed by atoms with Gasteiger partial charge in [-0.2, -0.15) is 0 Å². The van der Waals surface area contributed by atoms with E-state index in [2.05, 4.69) is 0 Å². The largest absolute Gasteiger partial charge is 0.478 e. The summed E-state index contributed by atoms with van der Waals surface area (Å²) in [7, 11) is 0. The standard InChI is InChI=1S/C11H14O3/c1-7-6-8(11(2,3)14)4-5-9(7)10(12)13/h4-6,14H,1-3H3,(H,12,13). The third kappa shape index (κ3) is 2.12. The fraction of sp³-hybridized carbons (Fsp3) is 0.364. The minimum absolute atomic E-state index is 0.276. The molecule has 0 aliphatic carbocycles. The summed E-state index contributed by atoms with van der Waals surface area (Å²) in [5.41, 5.74) is 0.733. The maximum absolute atomic E-state index is 10.7. The summed E-state index contributed by atoms with van der Waals surface area (Å²) in [6.07, 6.45) is 0. The number of hydrogen-bond donors (Lipinski definition) is 2. The van der Waals surface area contributed by atoms with Crippen molar-refractivity contribution >= 4 is 5.97 Å². The van der Waals surface area contributed by atoms with Crippen LogP contribution in [0.15, 0.2) is 18.2 Å². The Bertz CT molecular complexity index is 361. The van der Waals surface area contributed by atoms with Crippen LogP contribution >= 0.6 is 0 Å². The van der Waals surface area contributed by atoms with Gasteiger partial charge in [0.05, 0.1) is 11.2 Å². The maximum atomic E-state index is 10.7. The first kappa shape index (κ1) is 10.7. The molecule has 0 amide bonds. The van der Waals surface area contributed by atoms with Crippen molar-refractivity contribution in [3.05, 3.63) is 34.9 Å². The number of carbonyl (C=O) groups is 1. The van der Waals surface area contributed by atoms with Gasteiger partial charge in [0, 0.05) is 0 Å². The Morgan fingerprint density at radius 2 is 1.93 bits per heavy atom. The van der Waals surface area contributed by atoms with Gasteiger partial charge in [-0.1, -0.05) is 12.1 Å². The molecule has 76 valence electrons. The molecule has 0 aliphatic rings. The van der Waals surface area contributed by atoms with Crippen molar-refractivity contribution in [2.45, 2.75) is 26.4 Å². The molecule has 0 unspecified atom stereocenters. The van der Waals surface area contributed by atoms with Crippen LogP contribution in [0.1, 0.15) is 35.3 Å². The second-order valence-electron chi connectivity index (χ2n) is 3.89. The number of aliphatic hydroxyl groups is 1. The SMILES string of the molecule is Cc1cc(C(C)(C)O)ccc1C(=O)O. The summed E-state index contributed by atoms with van der Waals surface area (Å²) in [6.45, 7) is 5.06. The van der Waals surface area contributed by atoms with Crippen molar-refractivity contribution in [2.75, 3.05) is 0 Å². The Morgan fingerprint density at radius 3 is 2.29 bits per heavy atom. The second kappa shape index (κ2) is 3.42. The van der Waals surface area contributed by atoms with Gasteiger partial charge in [0.2, 0.25) is 0 Å². The zero-order valence-electron chi connectivity index (χ0n) is 8.53. The van der Waals surface area contributed by atoms with Gasteiger partial charge in [-0.3, -0.25) is 0 Å². The van der Waals surface area contributed by atoms with E-state index in [9.17, 15) is 9.90 Å². The van der Waals surface area contributed by atoms with E-state index in [4.69, 9.17) is 5.11 Å². The van der Waals surface area contributed by atoms with Gasteiger partial charge in [0.25, 0.3) is 0 Å². The fourth-order valence-electron chi connectivity index (χ4n) is 1.28. The van der Waals surface area contributed by atoms with Crippen LogP contribution in [0.5, 0.6) is 0 Å². The molecule has 3 nitrogen and oxygen atoms in total. The average molecular weight is 194 g/mol. The highest BCUT2D eigenvalue weighted by Crippen LogP contribution is 2.22. The van der Waals surface area contributed by atoms with Crippen LogP contribution < -0.4 is 0 Å². The van der Waals surface area contributed by atoms with Crippen molar-refractivity contribution in [1.82, 2.24) is 0 Å². The molecule has 2 N–H and O–H groups in total. The minimum atomic E-state index is -0.940. The number of aromatic carboxylic acids is 1. The van der Waals surface area contributed by atoms with Crippen LogP contribution in [-0.2, 0) is 5.60 Å². The first-order valence-electron chi connectivity index (χ1n) is 4.39. The van der Waals surface area contributed by atoms with Crippen molar-refractivity contribution in [2.24, 2.45) is 0 Å². The lowest BCUT2D eigenvalue weighted by Crippen LogP contribution is -2.16. The van der Waals surface area contributed by atoms with Gasteiger partial charge in [-0.15, -0.1) is 0 Å². The van der Waals surface area contributed by atoms with Crippen LogP contribution in [0.4, 0.5) is 0 Å². The third-order valence-corrected chi connectivity index (χ3v) is 2.16. The molecule has 0 bridgehead atoms. The molecule has 0 atom stereocenters. The van der Waals surface area contributed by atoms with E-state index < -0.39 is 11.6 Å². The lowest BCUT2D eigenvalue weighted by molar-refractivity contribution is 0.0691. The molecule has 1 aromatic rings. The van der Waals surface area contributed by atoms with Gasteiger partial charge in [-0.25, -0.2) is 4.79 Å². The van der Waals surface area contributed by atoms with Crippen LogP contribution in [0, 0.1) is 6.92 Å². The molecule has 1 rings (SSSR count). The Morgan fingerprint density at radius 1 is 1.36 bits per heavy atom. The minimum Gasteiger partial charge on any atom is -0.478 e. The topological polar surface area (TPSA) is 57.5 Å². The van der Waals surface area contributed by atoms with E-state index in [1.807, 2.05) is 0 Å². The number of aryl methyl sites for hydroxylation is 1. The van der Waals surface area contributed by atoms with Gasteiger partial charge < -0.3 is 10.2 Å². The zero-order valence-corrected chi connectivity index (χ0v) is 8.53. The molecular weight excluding hydrogens is 180 g/mol. The molecular formula is C11H14O3. The van der Waals surface area contributed by atoms with Gasteiger partial charge >= 0.3 is 5.97 Å². The summed E-state index contributed by atoms with van der Waals surface area (Å²) in [4.78, 5) is 10.7. The summed E-state index contributed by atoms with van der Waals surface area (Å²) < 4.78 is 0. The zero-order chi connectivity index (χ0) is 10.9. The van der Waals surface area contributed by atoms with Gasteiger partial charge in [0.1, 0.15) is 0 Å². The highest BCUT2D eigenvalue weighted by atomic mass is 16.4. The van der Waals surface area contributed by atoms with Crippen molar-refractivity contribution in [1.29, 1.82) is 0 Å². The number of carboxylic acid groups (broad SMARTS) is 1. The van der Waals surface area contributed by atoms with E-state index >= 15 is 0 Å². The fourth-order valence-corrected chi connectivity index (χ4v) is 1.28. The van der Waals surface area contributed by atoms with Crippen LogP contribution in [0.3, 0.4) is 0 Å². The highest BCUT2D eigenvalue weighted by molar-refractivity contribution is 5.89. The average Bonchev–Trinajstić information content (AvgIpc) is 2.01. The molecule has 14 heavy (non-hydrogen) atoms. The smallest absolute Gasteiger partial charge is 0.335 e. The van der Waals surface area contributed by atoms with Crippen molar-refractivity contribution in [3.63, 3.8) is 0 Å². The molecule has 0 heterocycles. The van der Waals surface area contributed by atoms with E-state index in [1.54, 1.807) is 32.9 Å². The maximum Gasteiger partial charge on any atom is 0.335 e. The predicted molar refractivity (Wildman–Crippen MR) is 53.4 cm³/mol. The molecule has 0 saturated heterocycles. The molecule has 0 aromatic heterocycles. The molecule has 0 aliphatic heterocycles. The number of carboxylic acids is 1. The Balaban J connectivity index is 3.20. The third-order valence-electron chi connectivity index (χ3n) is 2.16. The first-order valence-corrected chi connectivity index (χ1v) is 4.39. The normalized spacial score (nSPS) is 11.4.